The quantitative estimate of drug-likeness (QED) is 0.591. The molecule has 0 radical (unpaired) electrons. The molecule has 0 bridgehead atoms. The van der Waals surface area contributed by atoms with E-state index in [1.165, 1.54) is 24.3 Å². The maximum atomic E-state index is 13.3. The van der Waals surface area contributed by atoms with Gasteiger partial charge in [-0.3, -0.25) is 19.8 Å². The van der Waals surface area contributed by atoms with Crippen molar-refractivity contribution in [1.82, 2.24) is 20.9 Å². The van der Waals surface area contributed by atoms with Gasteiger partial charge in [0.25, 0.3) is 5.91 Å². The molecule has 1 fully saturated rings. The number of carbonyl (C=O) groups is 4. The topological polar surface area (TPSA) is 108 Å². The molecule has 3 rings (SSSR count). The van der Waals surface area contributed by atoms with E-state index in [2.05, 4.69) is 16.0 Å². The summed E-state index contributed by atoms with van der Waals surface area (Å²) >= 11 is 0. The Hall–Kier alpha value is -3.75. The number of amides is 6. The maximum Gasteiger partial charge on any atom is 0.325 e. The minimum atomic E-state index is -1.31. The standard InChI is InChI=1S/C22H23FN4O4/c1-2-22(16-8-10-17(23)11-9-16)19(29)27(21(31)26-22)13-12-18(28)25-20(30)24-14-15-6-4-3-5-7-15/h3-11H,2,12-14H2,1H3,(H,26,31)(H2,24,25,28,30). The molecule has 162 valence electrons. The van der Waals surface area contributed by atoms with Crippen LogP contribution < -0.4 is 16.0 Å². The predicted octanol–water partition coefficient (Wildman–Crippen LogP) is 2.40. The molecule has 1 heterocycles. The average molecular weight is 426 g/mol. The first-order valence-corrected chi connectivity index (χ1v) is 9.87. The summed E-state index contributed by atoms with van der Waals surface area (Å²) in [5.41, 5.74) is 0.0250. The van der Waals surface area contributed by atoms with Gasteiger partial charge < -0.3 is 10.6 Å². The van der Waals surface area contributed by atoms with Crippen LogP contribution in [0.2, 0.25) is 0 Å². The Balaban J connectivity index is 1.55. The molecule has 2 aromatic rings. The van der Waals surface area contributed by atoms with E-state index in [9.17, 15) is 23.6 Å². The number of imide groups is 2. The fourth-order valence-electron chi connectivity index (χ4n) is 3.43. The number of urea groups is 2. The number of rotatable bonds is 7. The number of benzene rings is 2. The first-order valence-electron chi connectivity index (χ1n) is 9.87. The molecule has 1 atom stereocenters. The summed E-state index contributed by atoms with van der Waals surface area (Å²) in [6.07, 6.45) is 0.0227. The summed E-state index contributed by atoms with van der Waals surface area (Å²) in [6.45, 7) is 1.80. The van der Waals surface area contributed by atoms with Crippen LogP contribution in [0.15, 0.2) is 54.6 Å². The highest BCUT2D eigenvalue weighted by molar-refractivity contribution is 6.07. The summed E-state index contributed by atoms with van der Waals surface area (Å²) in [5, 5.41) is 7.40. The van der Waals surface area contributed by atoms with Crippen LogP contribution in [0.25, 0.3) is 0 Å². The SMILES string of the molecule is CCC1(c2ccc(F)cc2)NC(=O)N(CCC(=O)NC(=O)NCc2ccccc2)C1=O. The third kappa shape index (κ3) is 4.88. The first kappa shape index (κ1) is 21.9. The Bertz CT molecular complexity index is 981. The Morgan fingerprint density at radius 3 is 2.39 bits per heavy atom. The van der Waals surface area contributed by atoms with E-state index in [0.29, 0.717) is 5.56 Å². The van der Waals surface area contributed by atoms with Crippen molar-refractivity contribution < 1.29 is 23.6 Å². The van der Waals surface area contributed by atoms with Crippen molar-refractivity contribution in [3.63, 3.8) is 0 Å². The Morgan fingerprint density at radius 2 is 1.74 bits per heavy atom. The second-order valence-corrected chi connectivity index (χ2v) is 7.12. The fraction of sp³-hybridized carbons (Fsp3) is 0.273. The maximum absolute atomic E-state index is 13.3. The summed E-state index contributed by atoms with van der Waals surface area (Å²) in [7, 11) is 0. The zero-order valence-electron chi connectivity index (χ0n) is 17.0. The number of carbonyl (C=O) groups excluding carboxylic acids is 4. The predicted molar refractivity (Wildman–Crippen MR) is 110 cm³/mol. The lowest BCUT2D eigenvalue weighted by Gasteiger charge is -2.25. The molecule has 6 amide bonds. The average Bonchev–Trinajstić information content (AvgIpc) is 3.02. The first-order chi connectivity index (χ1) is 14.9. The normalized spacial score (nSPS) is 17.9. The second-order valence-electron chi connectivity index (χ2n) is 7.12. The van der Waals surface area contributed by atoms with E-state index < -0.39 is 35.2 Å². The minimum Gasteiger partial charge on any atom is -0.334 e. The van der Waals surface area contributed by atoms with Crippen LogP contribution in [0, 0.1) is 5.82 Å². The number of hydrogen-bond acceptors (Lipinski definition) is 4. The van der Waals surface area contributed by atoms with Gasteiger partial charge in [0.1, 0.15) is 11.4 Å². The van der Waals surface area contributed by atoms with Gasteiger partial charge in [-0.15, -0.1) is 0 Å². The summed E-state index contributed by atoms with van der Waals surface area (Å²) < 4.78 is 13.3. The van der Waals surface area contributed by atoms with Crippen molar-refractivity contribution in [3.8, 4) is 0 Å². The molecule has 8 nitrogen and oxygen atoms in total. The number of nitrogens with one attached hydrogen (secondary N) is 3. The van der Waals surface area contributed by atoms with Crippen molar-refractivity contribution in [1.29, 1.82) is 0 Å². The molecular weight excluding hydrogens is 403 g/mol. The molecule has 1 aliphatic heterocycles. The van der Waals surface area contributed by atoms with Gasteiger partial charge in [0.05, 0.1) is 0 Å². The van der Waals surface area contributed by atoms with Crippen molar-refractivity contribution in [2.75, 3.05) is 6.54 Å². The molecule has 1 saturated heterocycles. The molecule has 1 unspecified atom stereocenters. The van der Waals surface area contributed by atoms with E-state index in [0.717, 1.165) is 10.5 Å². The van der Waals surface area contributed by atoms with E-state index in [1.807, 2.05) is 30.3 Å². The van der Waals surface area contributed by atoms with Gasteiger partial charge in [0, 0.05) is 19.5 Å². The number of halogens is 1. The van der Waals surface area contributed by atoms with Crippen molar-refractivity contribution in [2.45, 2.75) is 31.8 Å². The van der Waals surface area contributed by atoms with Gasteiger partial charge in [-0.05, 0) is 29.7 Å². The molecule has 3 N–H and O–H groups in total. The lowest BCUT2D eigenvalue weighted by atomic mass is 9.87. The highest BCUT2D eigenvalue weighted by Crippen LogP contribution is 2.32. The number of nitrogens with zero attached hydrogens (tertiary/aromatic N) is 1. The highest BCUT2D eigenvalue weighted by atomic mass is 19.1. The molecule has 2 aromatic carbocycles. The summed E-state index contributed by atoms with van der Waals surface area (Å²) in [6, 6.07) is 13.2. The summed E-state index contributed by atoms with van der Waals surface area (Å²) in [5.74, 6) is -1.60. The van der Waals surface area contributed by atoms with Crippen LogP contribution in [-0.2, 0) is 21.7 Å². The van der Waals surface area contributed by atoms with Crippen LogP contribution in [0.5, 0.6) is 0 Å². The van der Waals surface area contributed by atoms with E-state index >= 15 is 0 Å². The smallest absolute Gasteiger partial charge is 0.325 e. The monoisotopic (exact) mass is 426 g/mol. The van der Waals surface area contributed by atoms with Gasteiger partial charge in [-0.2, -0.15) is 0 Å². The lowest BCUT2D eigenvalue weighted by molar-refractivity contribution is -0.132. The Kier molecular flexibility index (Phi) is 6.64. The minimum absolute atomic E-state index is 0.189. The molecule has 0 aliphatic carbocycles. The van der Waals surface area contributed by atoms with Crippen molar-refractivity contribution in [3.05, 3.63) is 71.5 Å². The van der Waals surface area contributed by atoms with Crippen LogP contribution >= 0.6 is 0 Å². The molecule has 1 aliphatic rings. The third-order valence-corrected chi connectivity index (χ3v) is 5.15. The van der Waals surface area contributed by atoms with Crippen LogP contribution in [-0.4, -0.2) is 35.3 Å². The fourth-order valence-corrected chi connectivity index (χ4v) is 3.43. The van der Waals surface area contributed by atoms with Gasteiger partial charge in [-0.1, -0.05) is 49.4 Å². The lowest BCUT2D eigenvalue weighted by Crippen LogP contribution is -2.44. The summed E-state index contributed by atoms with van der Waals surface area (Å²) in [4.78, 5) is 50.3. The molecule has 31 heavy (non-hydrogen) atoms. The van der Waals surface area contributed by atoms with E-state index in [1.54, 1.807) is 6.92 Å². The van der Waals surface area contributed by atoms with Gasteiger partial charge in [-0.25, -0.2) is 14.0 Å². The van der Waals surface area contributed by atoms with Crippen molar-refractivity contribution >= 4 is 23.9 Å². The second kappa shape index (κ2) is 9.38. The van der Waals surface area contributed by atoms with Gasteiger partial charge >= 0.3 is 12.1 Å². The highest BCUT2D eigenvalue weighted by Gasteiger charge is 2.51. The largest absolute Gasteiger partial charge is 0.334 e. The van der Waals surface area contributed by atoms with Crippen LogP contribution in [0.4, 0.5) is 14.0 Å². The Morgan fingerprint density at radius 1 is 1.06 bits per heavy atom. The molecule has 9 heteroatoms. The van der Waals surface area contributed by atoms with Gasteiger partial charge in [0.15, 0.2) is 0 Å². The van der Waals surface area contributed by atoms with E-state index in [-0.39, 0.29) is 25.9 Å². The number of hydrogen-bond donors (Lipinski definition) is 3. The third-order valence-electron chi connectivity index (χ3n) is 5.15. The molecule has 0 spiro atoms. The van der Waals surface area contributed by atoms with E-state index in [4.69, 9.17) is 0 Å². The molecule has 0 aromatic heterocycles. The van der Waals surface area contributed by atoms with Crippen molar-refractivity contribution in [2.24, 2.45) is 0 Å². The Labute approximate surface area is 178 Å². The van der Waals surface area contributed by atoms with Gasteiger partial charge in [0.2, 0.25) is 5.91 Å². The van der Waals surface area contributed by atoms with Crippen LogP contribution in [0.3, 0.4) is 0 Å². The zero-order chi connectivity index (χ0) is 22.4. The zero-order valence-corrected chi connectivity index (χ0v) is 17.0. The van der Waals surface area contributed by atoms with Crippen LogP contribution in [0.1, 0.15) is 30.9 Å². The molecule has 0 saturated carbocycles. The molecular formula is C22H23FN4O4.